The zero-order chi connectivity index (χ0) is 19.0. The number of halogens is 3. The molecule has 4 rings (SSSR count). The Labute approximate surface area is 155 Å². The van der Waals surface area contributed by atoms with Gasteiger partial charge in [-0.05, 0) is 60.6 Å². The maximum absolute atomic E-state index is 12.8. The van der Waals surface area contributed by atoms with Crippen LogP contribution in [0.3, 0.4) is 0 Å². The topological polar surface area (TPSA) is 35.5 Å². The van der Waals surface area contributed by atoms with Gasteiger partial charge < -0.3 is 9.47 Å². The quantitative estimate of drug-likeness (QED) is 0.639. The minimum atomic E-state index is -4.42. The summed E-state index contributed by atoms with van der Waals surface area (Å²) in [4.78, 5) is 12.1. The summed E-state index contributed by atoms with van der Waals surface area (Å²) in [7, 11) is 0. The number of rotatable bonds is 5. The highest BCUT2D eigenvalue weighted by molar-refractivity contribution is 5.76. The van der Waals surface area contributed by atoms with Crippen LogP contribution in [-0.2, 0) is 22.3 Å². The van der Waals surface area contributed by atoms with Gasteiger partial charge >= 0.3 is 12.1 Å². The molecule has 0 heterocycles. The Morgan fingerprint density at radius 2 is 1.67 bits per heavy atom. The van der Waals surface area contributed by atoms with Gasteiger partial charge in [-0.3, -0.25) is 4.79 Å². The molecule has 0 N–H and O–H groups in total. The van der Waals surface area contributed by atoms with Crippen LogP contribution >= 0.6 is 0 Å². The summed E-state index contributed by atoms with van der Waals surface area (Å²) in [5.74, 6) is 1.43. The van der Waals surface area contributed by atoms with Crippen molar-refractivity contribution in [2.75, 3.05) is 0 Å². The lowest BCUT2D eigenvalue weighted by Crippen LogP contribution is -2.10. The highest BCUT2D eigenvalue weighted by Gasteiger charge is 2.57. The van der Waals surface area contributed by atoms with E-state index in [2.05, 4.69) is 0 Å². The van der Waals surface area contributed by atoms with E-state index in [0.29, 0.717) is 17.6 Å². The lowest BCUT2D eigenvalue weighted by Gasteiger charge is -2.11. The summed E-state index contributed by atoms with van der Waals surface area (Å²) in [6, 6.07) is 11.6. The third kappa shape index (κ3) is 3.94. The molecule has 2 aromatic carbocycles. The zero-order valence-electron chi connectivity index (χ0n) is 14.5. The van der Waals surface area contributed by atoms with Crippen LogP contribution in [0.1, 0.15) is 30.4 Å². The Kier molecular flexibility index (Phi) is 4.58. The molecular weight excluding hydrogens is 357 g/mol. The van der Waals surface area contributed by atoms with E-state index in [4.69, 9.17) is 9.47 Å². The van der Waals surface area contributed by atoms with Crippen LogP contribution < -0.4 is 4.74 Å². The highest BCUT2D eigenvalue weighted by atomic mass is 19.4. The molecule has 3 nitrogen and oxygen atoms in total. The Balaban J connectivity index is 1.37. The van der Waals surface area contributed by atoms with Crippen molar-refractivity contribution in [3.8, 4) is 11.5 Å². The highest BCUT2D eigenvalue weighted by Crippen LogP contribution is 2.57. The van der Waals surface area contributed by atoms with E-state index in [9.17, 15) is 18.0 Å². The van der Waals surface area contributed by atoms with E-state index < -0.39 is 11.7 Å². The van der Waals surface area contributed by atoms with E-state index in [1.54, 1.807) is 24.3 Å². The van der Waals surface area contributed by atoms with Crippen LogP contribution in [0, 0.1) is 17.8 Å². The monoisotopic (exact) mass is 376 g/mol. The second-order valence-corrected chi connectivity index (χ2v) is 7.17. The minimum Gasteiger partial charge on any atom is -0.461 e. The molecule has 2 aliphatic rings. The lowest BCUT2D eigenvalue weighted by atomic mass is 10.1. The Morgan fingerprint density at radius 1 is 1.00 bits per heavy atom. The molecule has 6 heteroatoms. The van der Waals surface area contributed by atoms with Crippen LogP contribution in [0.25, 0.3) is 0 Å². The van der Waals surface area contributed by atoms with Gasteiger partial charge in [-0.2, -0.15) is 13.2 Å². The molecule has 0 bridgehead atoms. The van der Waals surface area contributed by atoms with Crippen molar-refractivity contribution in [3.05, 3.63) is 59.7 Å². The Hall–Kier alpha value is -2.50. The number of hydrogen-bond donors (Lipinski definition) is 0. The van der Waals surface area contributed by atoms with Crippen molar-refractivity contribution in [1.82, 2.24) is 0 Å². The summed E-state index contributed by atoms with van der Waals surface area (Å²) >= 11 is 0. The first-order valence-corrected chi connectivity index (χ1v) is 9.02. The van der Waals surface area contributed by atoms with E-state index in [-0.39, 0.29) is 24.2 Å². The van der Waals surface area contributed by atoms with Crippen LogP contribution in [0.5, 0.6) is 11.5 Å². The predicted octanol–water partition coefficient (Wildman–Crippen LogP) is 5.59. The lowest BCUT2D eigenvalue weighted by molar-refractivity contribution is -0.147. The van der Waals surface area contributed by atoms with Gasteiger partial charge in [0.05, 0.1) is 11.5 Å². The molecule has 0 saturated heterocycles. The number of benzene rings is 2. The first-order valence-electron chi connectivity index (χ1n) is 9.02. The average molecular weight is 376 g/mol. The predicted molar refractivity (Wildman–Crippen MR) is 92.1 cm³/mol. The molecule has 142 valence electrons. The summed E-state index contributed by atoms with van der Waals surface area (Å²) in [6.45, 7) is 0.133. The molecule has 0 amide bonds. The second kappa shape index (κ2) is 6.91. The molecule has 2 atom stereocenters. The van der Waals surface area contributed by atoms with Crippen LogP contribution in [0.15, 0.2) is 48.5 Å². The van der Waals surface area contributed by atoms with E-state index in [1.807, 2.05) is 0 Å². The molecule has 0 radical (unpaired) electrons. The third-order valence-corrected chi connectivity index (χ3v) is 5.36. The van der Waals surface area contributed by atoms with Gasteiger partial charge in [-0.25, -0.2) is 0 Å². The smallest absolute Gasteiger partial charge is 0.416 e. The van der Waals surface area contributed by atoms with Gasteiger partial charge in [0, 0.05) is 0 Å². The van der Waals surface area contributed by atoms with Gasteiger partial charge in [-0.15, -0.1) is 0 Å². The summed E-state index contributed by atoms with van der Waals surface area (Å²) < 4.78 is 49.3. The van der Waals surface area contributed by atoms with E-state index >= 15 is 0 Å². The molecule has 0 spiro atoms. The number of alkyl halides is 3. The molecule has 2 aliphatic carbocycles. The molecule has 2 saturated carbocycles. The van der Waals surface area contributed by atoms with Crippen molar-refractivity contribution >= 4 is 5.97 Å². The summed E-state index contributed by atoms with van der Waals surface area (Å²) in [5, 5.41) is 0. The largest absolute Gasteiger partial charge is 0.461 e. The van der Waals surface area contributed by atoms with Crippen LogP contribution in [-0.4, -0.2) is 5.97 Å². The molecule has 2 aromatic rings. The summed E-state index contributed by atoms with van der Waals surface area (Å²) in [5.41, 5.74) is -0.0290. The van der Waals surface area contributed by atoms with Crippen LogP contribution in [0.2, 0.25) is 0 Å². The van der Waals surface area contributed by atoms with Gasteiger partial charge in [0.15, 0.2) is 0 Å². The summed E-state index contributed by atoms with van der Waals surface area (Å²) in [6.07, 6.45) is -0.986. The van der Waals surface area contributed by atoms with Crippen molar-refractivity contribution in [2.24, 2.45) is 17.8 Å². The molecule has 0 aromatic heterocycles. The molecule has 27 heavy (non-hydrogen) atoms. The normalized spacial score (nSPS) is 23.6. The van der Waals surface area contributed by atoms with Crippen molar-refractivity contribution < 1.29 is 27.4 Å². The number of esters is 1. The Morgan fingerprint density at radius 3 is 2.37 bits per heavy atom. The number of carbonyl (C=O) groups is 1. The maximum atomic E-state index is 12.8. The Bertz CT molecular complexity index is 837. The first-order chi connectivity index (χ1) is 12.9. The molecule has 2 fully saturated rings. The number of fused-ring (bicyclic) bond motifs is 1. The standard InChI is InChI=1S/C21H19F3O3/c22-21(23,24)14-5-2-7-16(11-14)27-15-6-1-4-13(10-15)12-26-20(25)19-17-8-3-9-18(17)19/h1-2,4-7,10-11,17-19H,3,8-9,12H2. The second-order valence-electron chi connectivity index (χ2n) is 7.17. The first kappa shape index (κ1) is 17.9. The van der Waals surface area contributed by atoms with Crippen molar-refractivity contribution in [1.29, 1.82) is 0 Å². The number of hydrogen-bond acceptors (Lipinski definition) is 3. The van der Waals surface area contributed by atoms with E-state index in [1.165, 1.54) is 18.6 Å². The van der Waals surface area contributed by atoms with Gasteiger partial charge in [0.2, 0.25) is 0 Å². The number of carbonyl (C=O) groups excluding carboxylic acids is 1. The van der Waals surface area contributed by atoms with Gasteiger partial charge in [0.25, 0.3) is 0 Å². The molecule has 0 aliphatic heterocycles. The van der Waals surface area contributed by atoms with Crippen molar-refractivity contribution in [3.63, 3.8) is 0 Å². The van der Waals surface area contributed by atoms with Gasteiger partial charge in [0.1, 0.15) is 18.1 Å². The molecular formula is C21H19F3O3. The average Bonchev–Trinajstić information content (AvgIpc) is 3.12. The maximum Gasteiger partial charge on any atom is 0.416 e. The minimum absolute atomic E-state index is 0.0586. The van der Waals surface area contributed by atoms with Crippen LogP contribution in [0.4, 0.5) is 13.2 Å². The van der Waals surface area contributed by atoms with Crippen molar-refractivity contribution in [2.45, 2.75) is 32.0 Å². The fraction of sp³-hybridized carbons (Fsp3) is 0.381. The zero-order valence-corrected chi connectivity index (χ0v) is 14.5. The number of ether oxygens (including phenoxy) is 2. The SMILES string of the molecule is O=C(OCc1cccc(Oc2cccc(C(F)(F)F)c2)c1)C1C2CCCC21. The third-order valence-electron chi connectivity index (χ3n) is 5.36. The molecule has 2 unspecified atom stereocenters. The van der Waals surface area contributed by atoms with E-state index in [0.717, 1.165) is 30.5 Å². The fourth-order valence-corrected chi connectivity index (χ4v) is 3.99. The van der Waals surface area contributed by atoms with Gasteiger partial charge in [-0.1, -0.05) is 24.6 Å². The fourth-order valence-electron chi connectivity index (χ4n) is 3.99.